The van der Waals surface area contributed by atoms with Crippen LogP contribution in [-0.2, 0) is 0 Å². The molecule has 270 valence electrons. The number of anilines is 3. The maximum Gasteiger partial charge on any atom is 0.159 e. The summed E-state index contributed by atoms with van der Waals surface area (Å²) in [5.74, 6) is 0. The average Bonchev–Trinajstić information content (AvgIpc) is 3.67. The Bertz CT molecular complexity index is 3520. The third-order valence-electron chi connectivity index (χ3n) is 12.0. The van der Waals surface area contributed by atoms with Crippen LogP contribution < -0.4 is 4.90 Å². The number of rotatable bonds is 5. The van der Waals surface area contributed by atoms with Crippen LogP contribution in [0.4, 0.5) is 17.1 Å². The van der Waals surface area contributed by atoms with Crippen molar-refractivity contribution in [3.8, 4) is 22.3 Å². The molecule has 0 atom stereocenters. The van der Waals surface area contributed by atoms with E-state index in [9.17, 15) is 0 Å². The van der Waals surface area contributed by atoms with E-state index < -0.39 is 0 Å². The number of nitrogens with zero attached hydrogens (tertiary/aromatic N) is 1. The van der Waals surface area contributed by atoms with Crippen molar-refractivity contribution in [2.75, 3.05) is 4.90 Å². The zero-order valence-electron chi connectivity index (χ0n) is 31.6. The van der Waals surface area contributed by atoms with Crippen LogP contribution >= 0.6 is 0 Å². The average molecular weight is 738 g/mol. The highest BCUT2D eigenvalue weighted by molar-refractivity contribution is 6.27. The summed E-state index contributed by atoms with van der Waals surface area (Å²) in [6, 6.07) is 76.8. The summed E-state index contributed by atoms with van der Waals surface area (Å²) < 4.78 is 7.33. The van der Waals surface area contributed by atoms with Crippen LogP contribution in [0.1, 0.15) is 0 Å². The molecule has 0 unspecified atom stereocenters. The van der Waals surface area contributed by atoms with Gasteiger partial charge in [-0.3, -0.25) is 0 Å². The molecular formula is C56H35NO. The second-order valence-electron chi connectivity index (χ2n) is 15.2. The maximum absolute atomic E-state index is 7.33. The lowest BCUT2D eigenvalue weighted by Gasteiger charge is -2.27. The van der Waals surface area contributed by atoms with Gasteiger partial charge >= 0.3 is 0 Å². The zero-order valence-corrected chi connectivity index (χ0v) is 31.6. The van der Waals surface area contributed by atoms with Crippen molar-refractivity contribution in [3.63, 3.8) is 0 Å². The summed E-state index contributed by atoms with van der Waals surface area (Å²) in [5.41, 5.74) is 9.51. The molecule has 2 heteroatoms. The van der Waals surface area contributed by atoms with Crippen LogP contribution in [0.15, 0.2) is 217 Å². The minimum absolute atomic E-state index is 0.853. The first-order chi connectivity index (χ1) is 28.8. The molecule has 0 spiro atoms. The highest BCUT2D eigenvalue weighted by Gasteiger charge is 2.24. The molecule has 0 aliphatic heterocycles. The van der Waals surface area contributed by atoms with Gasteiger partial charge in [0.05, 0.1) is 11.4 Å². The molecule has 1 aromatic heterocycles. The second-order valence-corrected chi connectivity index (χ2v) is 15.2. The highest BCUT2D eigenvalue weighted by atomic mass is 16.3. The predicted molar refractivity (Wildman–Crippen MR) is 247 cm³/mol. The van der Waals surface area contributed by atoms with E-state index in [1.54, 1.807) is 0 Å². The summed E-state index contributed by atoms with van der Waals surface area (Å²) in [5, 5.41) is 14.5. The minimum Gasteiger partial charge on any atom is -0.453 e. The molecule has 2 nitrogen and oxygen atoms in total. The number of hydrogen-bond donors (Lipinski definition) is 0. The molecule has 0 aliphatic carbocycles. The Morgan fingerprint density at radius 3 is 1.53 bits per heavy atom. The van der Waals surface area contributed by atoms with Crippen molar-refractivity contribution in [2.24, 2.45) is 0 Å². The van der Waals surface area contributed by atoms with Crippen molar-refractivity contribution < 1.29 is 4.42 Å². The second kappa shape index (κ2) is 12.9. The first kappa shape index (κ1) is 32.6. The summed E-state index contributed by atoms with van der Waals surface area (Å²) in [4.78, 5) is 2.37. The van der Waals surface area contributed by atoms with Crippen LogP contribution in [0.3, 0.4) is 0 Å². The third kappa shape index (κ3) is 4.99. The first-order valence-electron chi connectivity index (χ1n) is 19.9. The minimum atomic E-state index is 0.853. The van der Waals surface area contributed by atoms with Crippen LogP contribution in [-0.4, -0.2) is 0 Å². The quantitative estimate of drug-likeness (QED) is 0.164. The van der Waals surface area contributed by atoms with Crippen molar-refractivity contribution >= 4 is 92.9 Å². The van der Waals surface area contributed by atoms with Crippen molar-refractivity contribution in [1.82, 2.24) is 0 Å². The van der Waals surface area contributed by atoms with E-state index in [4.69, 9.17) is 4.42 Å². The Morgan fingerprint density at radius 1 is 0.276 bits per heavy atom. The van der Waals surface area contributed by atoms with E-state index in [1.807, 2.05) is 0 Å². The van der Waals surface area contributed by atoms with Gasteiger partial charge in [0.2, 0.25) is 0 Å². The van der Waals surface area contributed by atoms with Gasteiger partial charge in [-0.05, 0) is 102 Å². The fourth-order valence-corrected chi connectivity index (χ4v) is 9.35. The van der Waals surface area contributed by atoms with Crippen LogP contribution in [0.25, 0.3) is 98.1 Å². The van der Waals surface area contributed by atoms with Gasteiger partial charge in [-0.15, -0.1) is 0 Å². The Balaban J connectivity index is 1.13. The molecule has 12 rings (SSSR count). The van der Waals surface area contributed by atoms with E-state index in [-0.39, 0.29) is 0 Å². The molecule has 0 saturated heterocycles. The number of hydrogen-bond acceptors (Lipinski definition) is 2. The van der Waals surface area contributed by atoms with Crippen LogP contribution in [0, 0.1) is 0 Å². The number of para-hydroxylation sites is 1. The van der Waals surface area contributed by atoms with Gasteiger partial charge in [-0.2, -0.15) is 0 Å². The monoisotopic (exact) mass is 737 g/mol. The molecule has 11 aromatic carbocycles. The van der Waals surface area contributed by atoms with E-state index in [2.05, 4.69) is 217 Å². The SMILES string of the molecule is c1ccc(-c2ccc(N(c3cccc4ccccc34)c3cccc4c3oc3c(-c5ccc6c7ccccc7c7ccccc7c6c5)c5ccccc5cc34)cc2)cc1. The van der Waals surface area contributed by atoms with Crippen molar-refractivity contribution in [2.45, 2.75) is 0 Å². The van der Waals surface area contributed by atoms with Crippen molar-refractivity contribution in [1.29, 1.82) is 0 Å². The van der Waals surface area contributed by atoms with Gasteiger partial charge in [0.15, 0.2) is 5.58 Å². The lowest BCUT2D eigenvalue weighted by atomic mass is 9.90. The summed E-state index contributed by atoms with van der Waals surface area (Å²) in [6.07, 6.45) is 0. The normalized spacial score (nSPS) is 11.8. The molecule has 0 saturated carbocycles. The molecule has 0 radical (unpaired) electrons. The zero-order chi connectivity index (χ0) is 38.2. The van der Waals surface area contributed by atoms with E-state index in [1.165, 1.54) is 65.0 Å². The highest BCUT2D eigenvalue weighted by Crippen LogP contribution is 2.48. The van der Waals surface area contributed by atoms with Crippen LogP contribution in [0.2, 0.25) is 0 Å². The molecule has 0 fully saturated rings. The molecule has 58 heavy (non-hydrogen) atoms. The largest absolute Gasteiger partial charge is 0.453 e. The van der Waals surface area contributed by atoms with Gasteiger partial charge in [0, 0.05) is 27.4 Å². The topological polar surface area (TPSA) is 16.4 Å². The van der Waals surface area contributed by atoms with Gasteiger partial charge in [0.25, 0.3) is 0 Å². The molecule has 12 aromatic rings. The van der Waals surface area contributed by atoms with Gasteiger partial charge < -0.3 is 9.32 Å². The Kier molecular flexibility index (Phi) is 7.26. The Morgan fingerprint density at radius 2 is 0.793 bits per heavy atom. The van der Waals surface area contributed by atoms with E-state index in [0.29, 0.717) is 0 Å². The van der Waals surface area contributed by atoms with Gasteiger partial charge in [-0.1, -0.05) is 176 Å². The number of furan rings is 1. The molecule has 0 aliphatic rings. The predicted octanol–water partition coefficient (Wildman–Crippen LogP) is 16.2. The fourth-order valence-electron chi connectivity index (χ4n) is 9.35. The molecular weight excluding hydrogens is 703 g/mol. The van der Waals surface area contributed by atoms with Gasteiger partial charge in [0.1, 0.15) is 5.58 Å². The van der Waals surface area contributed by atoms with E-state index in [0.717, 1.165) is 50.1 Å². The molecule has 0 amide bonds. The molecule has 0 N–H and O–H groups in total. The molecule has 0 bridgehead atoms. The number of fused-ring (bicyclic) bond motifs is 11. The van der Waals surface area contributed by atoms with E-state index >= 15 is 0 Å². The fraction of sp³-hybridized carbons (Fsp3) is 0. The lowest BCUT2D eigenvalue weighted by molar-refractivity contribution is 0.670. The first-order valence-corrected chi connectivity index (χ1v) is 19.9. The smallest absolute Gasteiger partial charge is 0.159 e. The summed E-state index contributed by atoms with van der Waals surface area (Å²) in [6.45, 7) is 0. The van der Waals surface area contributed by atoms with Gasteiger partial charge in [-0.25, -0.2) is 0 Å². The lowest BCUT2D eigenvalue weighted by Crippen LogP contribution is -2.10. The number of benzene rings is 11. The molecule has 1 heterocycles. The standard InChI is InChI=1S/C56H35NO/c1-2-14-36(15-3-1)37-28-31-41(32-29-37)57(52-26-12-18-38-16-4-6-19-42(38)52)53-27-13-25-49-51-34-39-17-5-7-20-43(39)54(56(51)58-55(49)53)40-30-33-48-46-23-9-8-21-44(46)45-22-10-11-24-47(45)50(48)35-40/h1-35H. The van der Waals surface area contributed by atoms with Crippen LogP contribution in [0.5, 0.6) is 0 Å². The maximum atomic E-state index is 7.33. The Labute approximate surface area is 335 Å². The third-order valence-corrected chi connectivity index (χ3v) is 12.0. The Hall–Kier alpha value is -7.68. The van der Waals surface area contributed by atoms with Crippen molar-refractivity contribution in [3.05, 3.63) is 212 Å². The summed E-state index contributed by atoms with van der Waals surface area (Å²) in [7, 11) is 0. The summed E-state index contributed by atoms with van der Waals surface area (Å²) >= 11 is 0.